The van der Waals surface area contributed by atoms with Gasteiger partial charge in [-0.3, -0.25) is 4.79 Å². The zero-order chi connectivity index (χ0) is 8.53. The molecule has 0 aliphatic carbocycles. The van der Waals surface area contributed by atoms with E-state index in [0.717, 1.165) is 12.8 Å². The average Bonchev–Trinajstić information content (AvgIpc) is 2.01. The second-order valence-electron chi connectivity index (χ2n) is 2.48. The molecule has 0 atom stereocenters. The highest BCUT2D eigenvalue weighted by Crippen LogP contribution is 1.95. The largest absolute Gasteiger partial charge is 0.372 e. The number of Topliss-reactive ketones (excluding diaryl/α,β-unsaturated/α-hetero) is 1. The van der Waals surface area contributed by atoms with Crippen LogP contribution < -0.4 is 5.73 Å². The number of nitrogens with two attached hydrogens (primary N) is 1. The molecule has 0 radical (unpaired) electrons. The predicted molar refractivity (Wildman–Crippen MR) is 44.4 cm³/mol. The first kappa shape index (κ1) is 10.6. The number of carbonyl (C=O) groups excluding carboxylic acids is 1. The van der Waals surface area contributed by atoms with Crippen LogP contribution >= 0.6 is 0 Å². The van der Waals surface area contributed by atoms with Crippen molar-refractivity contribution in [1.82, 2.24) is 0 Å². The molecule has 0 amide bonds. The van der Waals surface area contributed by atoms with Crippen LogP contribution in [0.25, 0.3) is 0 Å². The Bertz CT molecular complexity index is 104. The molecule has 0 unspecified atom stereocenters. The summed E-state index contributed by atoms with van der Waals surface area (Å²) in [6, 6.07) is 0. The van der Waals surface area contributed by atoms with Crippen molar-refractivity contribution in [3.05, 3.63) is 0 Å². The van der Waals surface area contributed by atoms with Crippen LogP contribution in [-0.2, 0) is 9.53 Å². The number of carbonyl (C=O) groups is 1. The molecule has 66 valence electrons. The zero-order valence-electron chi connectivity index (χ0n) is 7.14. The van der Waals surface area contributed by atoms with E-state index in [2.05, 4.69) is 6.92 Å². The van der Waals surface area contributed by atoms with Crippen molar-refractivity contribution in [3.8, 4) is 0 Å². The number of unbranched alkanes of at least 4 members (excludes halogenated alkanes) is 1. The van der Waals surface area contributed by atoms with Gasteiger partial charge in [-0.15, -0.1) is 0 Å². The van der Waals surface area contributed by atoms with E-state index in [-0.39, 0.29) is 12.4 Å². The fourth-order valence-electron chi connectivity index (χ4n) is 0.715. The topological polar surface area (TPSA) is 52.3 Å². The molecule has 0 bridgehead atoms. The summed E-state index contributed by atoms with van der Waals surface area (Å²) in [6.07, 6.45) is 2.66. The average molecular weight is 159 g/mol. The molecule has 0 aromatic rings. The normalized spacial score (nSPS) is 10.0. The molecular weight excluding hydrogens is 142 g/mol. The van der Waals surface area contributed by atoms with E-state index in [1.54, 1.807) is 0 Å². The van der Waals surface area contributed by atoms with Crippen LogP contribution in [0.1, 0.15) is 26.2 Å². The van der Waals surface area contributed by atoms with Gasteiger partial charge in [0.15, 0.2) is 5.78 Å². The molecule has 0 aliphatic heterocycles. The molecule has 3 heteroatoms. The lowest BCUT2D eigenvalue weighted by Crippen LogP contribution is -2.14. The molecule has 0 saturated heterocycles. The van der Waals surface area contributed by atoms with E-state index in [4.69, 9.17) is 10.5 Å². The Morgan fingerprint density at radius 2 is 2.27 bits per heavy atom. The minimum absolute atomic E-state index is 0.181. The summed E-state index contributed by atoms with van der Waals surface area (Å²) in [5.74, 6) is 0.181. The third-order valence-electron chi connectivity index (χ3n) is 1.33. The molecule has 2 N–H and O–H groups in total. The van der Waals surface area contributed by atoms with Crippen molar-refractivity contribution in [3.63, 3.8) is 0 Å². The lowest BCUT2D eigenvalue weighted by Gasteiger charge is -2.00. The van der Waals surface area contributed by atoms with E-state index in [1.165, 1.54) is 0 Å². The molecule has 0 aliphatic rings. The molecule has 0 aromatic carbocycles. The second-order valence-corrected chi connectivity index (χ2v) is 2.48. The Balaban J connectivity index is 3.09. The van der Waals surface area contributed by atoms with E-state index < -0.39 is 0 Å². The lowest BCUT2D eigenvalue weighted by molar-refractivity contribution is -0.123. The maximum absolute atomic E-state index is 10.9. The van der Waals surface area contributed by atoms with Crippen LogP contribution in [0.15, 0.2) is 0 Å². The summed E-state index contributed by atoms with van der Waals surface area (Å²) in [5, 5.41) is 0. The molecule has 3 nitrogen and oxygen atoms in total. The summed E-state index contributed by atoms with van der Waals surface area (Å²) >= 11 is 0. The van der Waals surface area contributed by atoms with Gasteiger partial charge in [0.2, 0.25) is 0 Å². The Morgan fingerprint density at radius 1 is 1.55 bits per heavy atom. The van der Waals surface area contributed by atoms with Gasteiger partial charge in [-0.25, -0.2) is 0 Å². The van der Waals surface area contributed by atoms with Gasteiger partial charge in [-0.2, -0.15) is 0 Å². The van der Waals surface area contributed by atoms with Crippen LogP contribution in [0.4, 0.5) is 0 Å². The van der Waals surface area contributed by atoms with E-state index >= 15 is 0 Å². The number of hydrogen-bond acceptors (Lipinski definition) is 3. The first-order valence-electron chi connectivity index (χ1n) is 4.10. The predicted octanol–water partition coefficient (Wildman–Crippen LogP) is 0.721. The number of hydrogen-bond donors (Lipinski definition) is 1. The lowest BCUT2D eigenvalue weighted by atomic mass is 10.2. The summed E-state index contributed by atoms with van der Waals surface area (Å²) in [4.78, 5) is 10.9. The molecular formula is C8H17NO2. The summed E-state index contributed by atoms with van der Waals surface area (Å²) < 4.78 is 4.97. The molecule has 0 fully saturated rings. The van der Waals surface area contributed by atoms with Gasteiger partial charge < -0.3 is 10.5 Å². The van der Waals surface area contributed by atoms with Gasteiger partial charge in [0.1, 0.15) is 6.61 Å². The Labute approximate surface area is 67.9 Å². The van der Waals surface area contributed by atoms with Gasteiger partial charge in [0.05, 0.1) is 6.61 Å². The van der Waals surface area contributed by atoms with Gasteiger partial charge >= 0.3 is 0 Å². The first-order valence-corrected chi connectivity index (χ1v) is 4.10. The van der Waals surface area contributed by atoms with Crippen LogP contribution in [0.3, 0.4) is 0 Å². The Hall–Kier alpha value is -0.410. The standard InChI is InChI=1S/C8H17NO2/c1-2-3-4-8(10)7-11-6-5-9/h2-7,9H2,1H3. The minimum Gasteiger partial charge on any atom is -0.372 e. The van der Waals surface area contributed by atoms with E-state index in [9.17, 15) is 4.79 Å². The molecule has 11 heavy (non-hydrogen) atoms. The van der Waals surface area contributed by atoms with Crippen molar-refractivity contribution >= 4 is 5.78 Å². The van der Waals surface area contributed by atoms with Crippen molar-refractivity contribution in [2.45, 2.75) is 26.2 Å². The van der Waals surface area contributed by atoms with Gasteiger partial charge in [-0.1, -0.05) is 13.3 Å². The van der Waals surface area contributed by atoms with Crippen LogP contribution in [0.5, 0.6) is 0 Å². The molecule has 0 spiro atoms. The maximum Gasteiger partial charge on any atom is 0.158 e. The van der Waals surface area contributed by atoms with E-state index in [1.807, 2.05) is 0 Å². The highest BCUT2D eigenvalue weighted by molar-refractivity contribution is 5.79. The van der Waals surface area contributed by atoms with Gasteiger partial charge in [-0.05, 0) is 6.42 Å². The Morgan fingerprint density at radius 3 is 2.82 bits per heavy atom. The summed E-state index contributed by atoms with van der Waals surface area (Å²) in [7, 11) is 0. The smallest absolute Gasteiger partial charge is 0.158 e. The Kier molecular flexibility index (Phi) is 7.41. The monoisotopic (exact) mass is 159 g/mol. The zero-order valence-corrected chi connectivity index (χ0v) is 7.14. The van der Waals surface area contributed by atoms with Crippen molar-refractivity contribution in [2.24, 2.45) is 5.73 Å². The fraction of sp³-hybridized carbons (Fsp3) is 0.875. The summed E-state index contributed by atoms with van der Waals surface area (Å²) in [6.45, 7) is 3.27. The quantitative estimate of drug-likeness (QED) is 0.557. The van der Waals surface area contributed by atoms with Crippen molar-refractivity contribution < 1.29 is 9.53 Å². The molecule has 0 heterocycles. The highest BCUT2D eigenvalue weighted by atomic mass is 16.5. The first-order chi connectivity index (χ1) is 5.31. The SMILES string of the molecule is CCCCC(=O)COCCN. The number of rotatable bonds is 7. The molecule has 0 rings (SSSR count). The van der Waals surface area contributed by atoms with Crippen LogP contribution in [0.2, 0.25) is 0 Å². The van der Waals surface area contributed by atoms with Gasteiger partial charge in [0, 0.05) is 13.0 Å². The molecule has 0 aromatic heterocycles. The maximum atomic E-state index is 10.9. The van der Waals surface area contributed by atoms with Crippen molar-refractivity contribution in [1.29, 1.82) is 0 Å². The highest BCUT2D eigenvalue weighted by Gasteiger charge is 1.99. The van der Waals surface area contributed by atoms with Crippen LogP contribution in [0, 0.1) is 0 Å². The van der Waals surface area contributed by atoms with Crippen molar-refractivity contribution in [2.75, 3.05) is 19.8 Å². The second kappa shape index (κ2) is 7.69. The number of ketones is 1. The molecule has 0 saturated carbocycles. The third kappa shape index (κ3) is 7.49. The summed E-state index contributed by atoms with van der Waals surface area (Å²) in [5.41, 5.74) is 5.18. The number of ether oxygens (including phenoxy) is 1. The van der Waals surface area contributed by atoms with Crippen LogP contribution in [-0.4, -0.2) is 25.5 Å². The van der Waals surface area contributed by atoms with Gasteiger partial charge in [0.25, 0.3) is 0 Å². The minimum atomic E-state index is 0.181. The van der Waals surface area contributed by atoms with E-state index in [0.29, 0.717) is 19.6 Å². The third-order valence-corrected chi connectivity index (χ3v) is 1.33. The fourth-order valence-corrected chi connectivity index (χ4v) is 0.715.